The molecule has 108 valence electrons. The molecule has 8 heteroatoms. The normalized spacial score (nSPS) is 31.2. The summed E-state index contributed by atoms with van der Waals surface area (Å²) in [5.74, 6) is 0.764. The van der Waals surface area contributed by atoms with Crippen molar-refractivity contribution in [3.8, 4) is 0 Å². The average molecular weight is 343 g/mol. The Kier molecular flexibility index (Phi) is 4.50. The fourth-order valence-electron chi connectivity index (χ4n) is 3.03. The van der Waals surface area contributed by atoms with Gasteiger partial charge in [-0.2, -0.15) is 4.31 Å². The molecule has 19 heavy (non-hydrogen) atoms. The van der Waals surface area contributed by atoms with Crippen molar-refractivity contribution in [1.29, 1.82) is 0 Å². The van der Waals surface area contributed by atoms with Crippen LogP contribution in [0.15, 0.2) is 16.3 Å². The highest BCUT2D eigenvalue weighted by molar-refractivity contribution is 7.91. The highest BCUT2D eigenvalue weighted by atomic mass is 35.5. The van der Waals surface area contributed by atoms with Crippen molar-refractivity contribution in [3.63, 3.8) is 0 Å². The summed E-state index contributed by atoms with van der Waals surface area (Å²) in [4.78, 5) is 0. The molecular formula is C11H16Cl2N2O2S2. The number of fused-ring (bicyclic) bond motifs is 1. The van der Waals surface area contributed by atoms with Gasteiger partial charge in [-0.05, 0) is 36.8 Å². The molecule has 2 aliphatic rings. The first kappa shape index (κ1) is 15.5. The van der Waals surface area contributed by atoms with E-state index >= 15 is 0 Å². The van der Waals surface area contributed by atoms with Crippen molar-refractivity contribution in [2.75, 3.05) is 13.1 Å². The van der Waals surface area contributed by atoms with Crippen LogP contribution in [-0.2, 0) is 10.0 Å². The maximum absolute atomic E-state index is 12.4. The summed E-state index contributed by atoms with van der Waals surface area (Å²) in [6.45, 7) is 1.17. The number of rotatable bonds is 2. The van der Waals surface area contributed by atoms with E-state index in [9.17, 15) is 8.42 Å². The van der Waals surface area contributed by atoms with Gasteiger partial charge in [0.2, 0.25) is 0 Å². The summed E-state index contributed by atoms with van der Waals surface area (Å²) in [6, 6.07) is 3.36. The van der Waals surface area contributed by atoms with Gasteiger partial charge in [0.25, 0.3) is 10.0 Å². The SMILES string of the molecule is Cl.NC1CCC2CN(S(=O)(=O)c3ccc(Cl)s3)CC12. The van der Waals surface area contributed by atoms with E-state index < -0.39 is 10.0 Å². The van der Waals surface area contributed by atoms with E-state index in [1.807, 2.05) is 0 Å². The average Bonchev–Trinajstić information content (AvgIpc) is 2.96. The smallest absolute Gasteiger partial charge is 0.252 e. The summed E-state index contributed by atoms with van der Waals surface area (Å²) in [7, 11) is -3.37. The second-order valence-electron chi connectivity index (χ2n) is 5.05. The van der Waals surface area contributed by atoms with Gasteiger partial charge < -0.3 is 5.73 Å². The zero-order valence-corrected chi connectivity index (χ0v) is 13.4. The first-order chi connectivity index (χ1) is 8.48. The van der Waals surface area contributed by atoms with E-state index in [1.165, 1.54) is 0 Å². The lowest BCUT2D eigenvalue weighted by atomic mass is 9.98. The van der Waals surface area contributed by atoms with Gasteiger partial charge in [-0.3, -0.25) is 0 Å². The molecule has 1 aliphatic heterocycles. The Morgan fingerprint density at radius 3 is 2.63 bits per heavy atom. The second-order valence-corrected chi connectivity index (χ2v) is 8.93. The standard InChI is InChI=1S/C11H15ClN2O2S2.ClH/c12-10-3-4-11(17-10)18(15,16)14-5-7-1-2-9(13)8(7)6-14;/h3-4,7-9H,1-2,5-6,13H2;1H. The molecule has 0 spiro atoms. The third kappa shape index (κ3) is 2.66. The molecule has 0 bridgehead atoms. The Bertz CT molecular complexity index is 561. The minimum absolute atomic E-state index is 0. The van der Waals surface area contributed by atoms with Crippen LogP contribution in [0.2, 0.25) is 4.34 Å². The van der Waals surface area contributed by atoms with Crippen molar-refractivity contribution < 1.29 is 8.42 Å². The number of sulfonamides is 1. The highest BCUT2D eigenvalue weighted by Gasteiger charge is 2.45. The summed E-state index contributed by atoms with van der Waals surface area (Å²) in [5.41, 5.74) is 6.03. The van der Waals surface area contributed by atoms with E-state index in [0.29, 0.717) is 33.5 Å². The first-order valence-corrected chi connectivity index (χ1v) is 8.63. The number of nitrogens with two attached hydrogens (primary N) is 1. The number of nitrogens with zero attached hydrogens (tertiary/aromatic N) is 1. The molecule has 1 saturated heterocycles. The molecule has 1 aromatic rings. The predicted molar refractivity (Wildman–Crippen MR) is 79.5 cm³/mol. The Balaban J connectivity index is 0.00000133. The van der Waals surface area contributed by atoms with E-state index in [2.05, 4.69) is 0 Å². The summed E-state index contributed by atoms with van der Waals surface area (Å²) in [5, 5.41) is 0. The Morgan fingerprint density at radius 2 is 2.05 bits per heavy atom. The Labute approximate surface area is 128 Å². The van der Waals surface area contributed by atoms with Gasteiger partial charge in [0.1, 0.15) is 4.21 Å². The van der Waals surface area contributed by atoms with Gasteiger partial charge in [0.15, 0.2) is 0 Å². The van der Waals surface area contributed by atoms with Crippen LogP contribution in [0.1, 0.15) is 12.8 Å². The van der Waals surface area contributed by atoms with Crippen LogP contribution in [-0.4, -0.2) is 31.9 Å². The molecule has 1 saturated carbocycles. The van der Waals surface area contributed by atoms with Gasteiger partial charge in [0.05, 0.1) is 4.34 Å². The largest absolute Gasteiger partial charge is 0.327 e. The molecule has 2 heterocycles. The molecule has 2 N–H and O–H groups in total. The lowest BCUT2D eigenvalue weighted by Crippen LogP contribution is -2.33. The molecule has 3 rings (SSSR count). The fraction of sp³-hybridized carbons (Fsp3) is 0.636. The summed E-state index contributed by atoms with van der Waals surface area (Å²) < 4.78 is 27.3. The van der Waals surface area contributed by atoms with Crippen LogP contribution in [0.5, 0.6) is 0 Å². The zero-order chi connectivity index (χ0) is 12.9. The molecule has 3 unspecified atom stereocenters. The summed E-state index contributed by atoms with van der Waals surface area (Å²) in [6.07, 6.45) is 2.07. The molecule has 0 radical (unpaired) electrons. The van der Waals surface area contributed by atoms with Crippen LogP contribution in [0, 0.1) is 11.8 Å². The number of hydrogen-bond acceptors (Lipinski definition) is 4. The van der Waals surface area contributed by atoms with E-state index in [0.717, 1.165) is 24.2 Å². The van der Waals surface area contributed by atoms with Crippen molar-refractivity contribution in [1.82, 2.24) is 4.31 Å². The maximum atomic E-state index is 12.4. The predicted octanol–water partition coefficient (Wildman–Crippen LogP) is 2.18. The minimum atomic E-state index is -3.37. The van der Waals surface area contributed by atoms with E-state index in [1.54, 1.807) is 16.4 Å². The topological polar surface area (TPSA) is 63.4 Å². The fourth-order valence-corrected chi connectivity index (χ4v) is 6.20. The minimum Gasteiger partial charge on any atom is -0.327 e. The molecule has 0 aromatic carbocycles. The van der Waals surface area contributed by atoms with Crippen molar-refractivity contribution in [3.05, 3.63) is 16.5 Å². The molecular weight excluding hydrogens is 327 g/mol. The van der Waals surface area contributed by atoms with E-state index in [4.69, 9.17) is 17.3 Å². The van der Waals surface area contributed by atoms with Gasteiger partial charge >= 0.3 is 0 Å². The zero-order valence-electron chi connectivity index (χ0n) is 10.2. The quantitative estimate of drug-likeness (QED) is 0.895. The summed E-state index contributed by atoms with van der Waals surface area (Å²) >= 11 is 6.92. The third-order valence-electron chi connectivity index (χ3n) is 4.02. The highest BCUT2D eigenvalue weighted by Crippen LogP contribution is 2.40. The van der Waals surface area contributed by atoms with Crippen molar-refractivity contribution in [2.45, 2.75) is 23.1 Å². The molecule has 0 amide bonds. The number of hydrogen-bond donors (Lipinski definition) is 1. The lowest BCUT2D eigenvalue weighted by Gasteiger charge is -2.17. The van der Waals surface area contributed by atoms with E-state index in [-0.39, 0.29) is 18.4 Å². The molecule has 2 fully saturated rings. The first-order valence-electron chi connectivity index (χ1n) is 5.99. The Hall–Kier alpha value is 0.150. The van der Waals surface area contributed by atoms with Crippen molar-refractivity contribution in [2.24, 2.45) is 17.6 Å². The third-order valence-corrected chi connectivity index (χ3v) is 7.55. The lowest BCUT2D eigenvalue weighted by molar-refractivity contribution is 0.428. The molecule has 1 aliphatic carbocycles. The van der Waals surface area contributed by atoms with Gasteiger partial charge in [0, 0.05) is 19.1 Å². The van der Waals surface area contributed by atoms with Crippen LogP contribution in [0.25, 0.3) is 0 Å². The van der Waals surface area contributed by atoms with Gasteiger partial charge in [-0.1, -0.05) is 11.6 Å². The number of halogens is 2. The molecule has 4 nitrogen and oxygen atoms in total. The van der Waals surface area contributed by atoms with Crippen LogP contribution in [0.3, 0.4) is 0 Å². The number of thiophene rings is 1. The van der Waals surface area contributed by atoms with Crippen molar-refractivity contribution >= 4 is 45.4 Å². The second kappa shape index (κ2) is 5.50. The Morgan fingerprint density at radius 1 is 1.32 bits per heavy atom. The van der Waals surface area contributed by atoms with Crippen LogP contribution < -0.4 is 5.73 Å². The van der Waals surface area contributed by atoms with Crippen LogP contribution in [0.4, 0.5) is 0 Å². The van der Waals surface area contributed by atoms with Gasteiger partial charge in [-0.25, -0.2) is 8.42 Å². The van der Waals surface area contributed by atoms with Crippen LogP contribution >= 0.6 is 35.3 Å². The monoisotopic (exact) mass is 342 g/mol. The van der Waals surface area contributed by atoms with Gasteiger partial charge in [-0.15, -0.1) is 23.7 Å². The molecule has 1 aromatic heterocycles. The molecule has 3 atom stereocenters. The maximum Gasteiger partial charge on any atom is 0.252 e.